The van der Waals surface area contributed by atoms with Gasteiger partial charge in [-0.3, -0.25) is 4.90 Å². The van der Waals surface area contributed by atoms with Crippen molar-refractivity contribution in [2.45, 2.75) is 38.6 Å². The highest BCUT2D eigenvalue weighted by Crippen LogP contribution is 2.24. The predicted molar refractivity (Wildman–Crippen MR) is 108 cm³/mol. The Bertz CT molecular complexity index is 876. The Balaban J connectivity index is 1.24. The van der Waals surface area contributed by atoms with Crippen LogP contribution >= 0.6 is 0 Å². The summed E-state index contributed by atoms with van der Waals surface area (Å²) in [4.78, 5) is 7.35. The molecule has 3 aromatic rings. The molecule has 3 nitrogen and oxygen atoms in total. The second kappa shape index (κ2) is 8.22. The van der Waals surface area contributed by atoms with Crippen LogP contribution in [-0.2, 0) is 20.0 Å². The number of halogens is 1. The van der Waals surface area contributed by atoms with E-state index in [0.717, 1.165) is 43.3 Å². The third kappa shape index (κ3) is 4.38. The number of likely N-dealkylation sites (tertiary alicyclic amines) is 1. The minimum atomic E-state index is -0.147. The number of nitrogens with zero attached hydrogens (tertiary/aromatic N) is 3. The first-order valence-electron chi connectivity index (χ1n) is 10.1. The molecule has 0 saturated carbocycles. The van der Waals surface area contributed by atoms with E-state index in [0.29, 0.717) is 0 Å². The fourth-order valence-electron chi connectivity index (χ4n) is 4.22. The van der Waals surface area contributed by atoms with E-state index in [1.54, 1.807) is 12.1 Å². The van der Waals surface area contributed by atoms with Gasteiger partial charge in [-0.2, -0.15) is 0 Å². The summed E-state index contributed by atoms with van der Waals surface area (Å²) in [6.07, 6.45) is 6.07. The Morgan fingerprint density at radius 2 is 1.78 bits per heavy atom. The lowest BCUT2D eigenvalue weighted by Crippen LogP contribution is -2.34. The van der Waals surface area contributed by atoms with E-state index in [1.807, 2.05) is 12.1 Å². The number of para-hydroxylation sites is 2. The van der Waals surface area contributed by atoms with E-state index < -0.39 is 0 Å². The molecule has 0 N–H and O–H groups in total. The molecule has 0 bridgehead atoms. The summed E-state index contributed by atoms with van der Waals surface area (Å²) in [5.74, 6) is 1.83. The topological polar surface area (TPSA) is 21.1 Å². The normalized spacial score (nSPS) is 16.2. The van der Waals surface area contributed by atoms with Crippen molar-refractivity contribution in [3.63, 3.8) is 0 Å². The minimum absolute atomic E-state index is 0.147. The molecule has 0 amide bonds. The number of imidazole rings is 1. The van der Waals surface area contributed by atoms with Gasteiger partial charge in [-0.05, 0) is 74.5 Å². The molecule has 27 heavy (non-hydrogen) atoms. The molecule has 1 aliphatic rings. The molecule has 0 aliphatic carbocycles. The molecule has 1 aromatic heterocycles. The maximum Gasteiger partial charge on any atom is 0.123 e. The van der Waals surface area contributed by atoms with Gasteiger partial charge in [0.2, 0.25) is 0 Å². The number of aryl methyl sites for hydroxylation is 2. The van der Waals surface area contributed by atoms with Crippen LogP contribution in [0.15, 0.2) is 48.5 Å². The van der Waals surface area contributed by atoms with Gasteiger partial charge in [0.15, 0.2) is 0 Å². The van der Waals surface area contributed by atoms with E-state index >= 15 is 0 Å². The smallest absolute Gasteiger partial charge is 0.123 e. The van der Waals surface area contributed by atoms with Crippen molar-refractivity contribution in [1.82, 2.24) is 14.5 Å². The summed E-state index contributed by atoms with van der Waals surface area (Å²) in [6, 6.07) is 15.3. The quantitative estimate of drug-likeness (QED) is 0.616. The maximum absolute atomic E-state index is 13.0. The van der Waals surface area contributed by atoms with Crippen molar-refractivity contribution in [3.05, 3.63) is 65.7 Å². The number of benzene rings is 2. The van der Waals surface area contributed by atoms with Crippen molar-refractivity contribution in [1.29, 1.82) is 0 Å². The largest absolute Gasteiger partial charge is 0.330 e. The number of fused-ring (bicyclic) bond motifs is 1. The van der Waals surface area contributed by atoms with Crippen LogP contribution in [0.3, 0.4) is 0 Å². The van der Waals surface area contributed by atoms with Gasteiger partial charge in [0.05, 0.1) is 17.6 Å². The van der Waals surface area contributed by atoms with Crippen molar-refractivity contribution in [3.8, 4) is 0 Å². The van der Waals surface area contributed by atoms with E-state index in [4.69, 9.17) is 4.98 Å². The van der Waals surface area contributed by atoms with Crippen LogP contribution < -0.4 is 0 Å². The number of hydrogen-bond acceptors (Lipinski definition) is 2. The molecule has 1 aliphatic heterocycles. The highest BCUT2D eigenvalue weighted by atomic mass is 19.1. The molecule has 4 heteroatoms. The Hall–Kier alpha value is -2.20. The molecular weight excluding hydrogens is 337 g/mol. The number of hydrogen-bond donors (Lipinski definition) is 0. The summed E-state index contributed by atoms with van der Waals surface area (Å²) >= 11 is 0. The highest BCUT2D eigenvalue weighted by molar-refractivity contribution is 5.75. The molecule has 1 saturated heterocycles. The van der Waals surface area contributed by atoms with Gasteiger partial charge in [0, 0.05) is 7.05 Å². The van der Waals surface area contributed by atoms with Gasteiger partial charge in [-0.15, -0.1) is 0 Å². The second-order valence-electron chi connectivity index (χ2n) is 7.81. The molecule has 142 valence electrons. The number of aromatic nitrogens is 2. The van der Waals surface area contributed by atoms with Gasteiger partial charge in [-0.25, -0.2) is 9.37 Å². The predicted octanol–water partition coefficient (Wildman–Crippen LogP) is 4.95. The average Bonchev–Trinajstić information content (AvgIpc) is 3.01. The first kappa shape index (κ1) is 18.2. The van der Waals surface area contributed by atoms with Gasteiger partial charge in [0.1, 0.15) is 11.6 Å². The summed E-state index contributed by atoms with van der Waals surface area (Å²) in [5.41, 5.74) is 3.55. The van der Waals surface area contributed by atoms with E-state index in [2.05, 4.69) is 40.8 Å². The zero-order valence-corrected chi connectivity index (χ0v) is 16.1. The lowest BCUT2D eigenvalue weighted by Gasteiger charge is -2.31. The number of rotatable bonds is 6. The molecule has 0 atom stereocenters. The molecule has 2 heterocycles. The standard InChI is InChI=1S/C23H28FN3/c1-26-22-8-3-2-7-21(22)25-23(26)17-27-15-13-19(14-16-27)6-4-5-18-9-11-20(24)12-10-18/h2-3,7-12,19H,4-6,13-17H2,1H3. The summed E-state index contributed by atoms with van der Waals surface area (Å²) in [5, 5.41) is 0. The second-order valence-corrected chi connectivity index (χ2v) is 7.81. The Morgan fingerprint density at radius 3 is 2.52 bits per heavy atom. The van der Waals surface area contributed by atoms with Crippen LogP contribution in [0.4, 0.5) is 4.39 Å². The summed E-state index contributed by atoms with van der Waals surface area (Å²) in [6.45, 7) is 3.25. The van der Waals surface area contributed by atoms with Crippen molar-refractivity contribution in [2.75, 3.05) is 13.1 Å². The SMILES string of the molecule is Cn1c(CN2CCC(CCCc3ccc(F)cc3)CC2)nc2ccccc21. The molecule has 0 unspecified atom stereocenters. The Labute approximate surface area is 160 Å². The number of piperidine rings is 1. The maximum atomic E-state index is 13.0. The Kier molecular flexibility index (Phi) is 5.53. The zero-order chi connectivity index (χ0) is 18.6. The van der Waals surface area contributed by atoms with Crippen LogP contribution in [0.1, 0.15) is 37.1 Å². The van der Waals surface area contributed by atoms with Gasteiger partial charge in [0.25, 0.3) is 0 Å². The minimum Gasteiger partial charge on any atom is -0.330 e. The first-order valence-corrected chi connectivity index (χ1v) is 10.1. The van der Waals surface area contributed by atoms with Gasteiger partial charge >= 0.3 is 0 Å². The molecule has 0 spiro atoms. The first-order chi connectivity index (χ1) is 13.2. The van der Waals surface area contributed by atoms with Crippen LogP contribution in [0.5, 0.6) is 0 Å². The molecule has 0 radical (unpaired) electrons. The van der Waals surface area contributed by atoms with Gasteiger partial charge < -0.3 is 4.57 Å². The average molecular weight is 365 g/mol. The molecular formula is C23H28FN3. The monoisotopic (exact) mass is 365 g/mol. The van der Waals surface area contributed by atoms with E-state index in [9.17, 15) is 4.39 Å². The van der Waals surface area contributed by atoms with E-state index in [1.165, 1.54) is 36.8 Å². The molecule has 1 fully saturated rings. The van der Waals surface area contributed by atoms with Crippen molar-refractivity contribution in [2.24, 2.45) is 13.0 Å². The van der Waals surface area contributed by atoms with Crippen molar-refractivity contribution < 1.29 is 4.39 Å². The zero-order valence-electron chi connectivity index (χ0n) is 16.1. The third-order valence-corrected chi connectivity index (χ3v) is 5.94. The van der Waals surface area contributed by atoms with E-state index in [-0.39, 0.29) is 5.82 Å². The molecule has 4 rings (SSSR count). The van der Waals surface area contributed by atoms with Crippen LogP contribution in [0.25, 0.3) is 11.0 Å². The highest BCUT2D eigenvalue weighted by Gasteiger charge is 2.20. The third-order valence-electron chi connectivity index (χ3n) is 5.94. The van der Waals surface area contributed by atoms with Crippen LogP contribution in [0, 0.1) is 11.7 Å². The fourth-order valence-corrected chi connectivity index (χ4v) is 4.22. The van der Waals surface area contributed by atoms with Crippen LogP contribution in [0.2, 0.25) is 0 Å². The lowest BCUT2D eigenvalue weighted by molar-refractivity contribution is 0.166. The molecule has 2 aromatic carbocycles. The van der Waals surface area contributed by atoms with Crippen LogP contribution in [-0.4, -0.2) is 27.5 Å². The fraction of sp³-hybridized carbons (Fsp3) is 0.435. The summed E-state index contributed by atoms with van der Waals surface area (Å²) < 4.78 is 15.2. The summed E-state index contributed by atoms with van der Waals surface area (Å²) in [7, 11) is 2.12. The Morgan fingerprint density at radius 1 is 1.04 bits per heavy atom. The van der Waals surface area contributed by atoms with Crippen molar-refractivity contribution >= 4 is 11.0 Å². The lowest BCUT2D eigenvalue weighted by atomic mass is 9.91. The van der Waals surface area contributed by atoms with Gasteiger partial charge in [-0.1, -0.05) is 30.7 Å².